The summed E-state index contributed by atoms with van der Waals surface area (Å²) in [6, 6.07) is 9.22. The molecular weight excluding hydrogens is 486 g/mol. The minimum absolute atomic E-state index is 0.0407. The Morgan fingerprint density at radius 3 is 2.54 bits per heavy atom. The van der Waals surface area contributed by atoms with Crippen molar-refractivity contribution in [2.24, 2.45) is 5.41 Å². The minimum atomic E-state index is -3.39. The molecule has 3 aromatic rings. The third kappa shape index (κ3) is 4.62. The molecule has 0 atom stereocenters. The summed E-state index contributed by atoms with van der Waals surface area (Å²) >= 11 is 1.05. The van der Waals surface area contributed by atoms with E-state index in [2.05, 4.69) is 16.4 Å². The standard InChI is InChI=1S/C25H25N3O5S2/c1-35(31,32)23-27-18(14-34-23)16-5-6-17-12-20(33-19(17)11-16)22(30)28-25(7-3-2-4-8-25)21(29)13-24(15-26)9-10-24/h5-6,11-12,14H,2-4,7-10,13H2,1H3,(H,28,30). The highest BCUT2D eigenvalue weighted by atomic mass is 32.2. The van der Waals surface area contributed by atoms with E-state index in [0.29, 0.717) is 35.1 Å². The van der Waals surface area contributed by atoms with Gasteiger partial charge < -0.3 is 9.73 Å². The second-order valence-electron chi connectivity index (χ2n) is 9.72. The average molecular weight is 512 g/mol. The predicted molar refractivity (Wildman–Crippen MR) is 131 cm³/mol. The quantitative estimate of drug-likeness (QED) is 0.488. The highest BCUT2D eigenvalue weighted by molar-refractivity contribution is 7.92. The fourth-order valence-electron chi connectivity index (χ4n) is 4.73. The number of sulfone groups is 1. The van der Waals surface area contributed by atoms with E-state index in [1.807, 2.05) is 0 Å². The van der Waals surface area contributed by atoms with Crippen LogP contribution < -0.4 is 5.32 Å². The average Bonchev–Trinajstić information content (AvgIpc) is 3.23. The molecule has 8 nitrogen and oxygen atoms in total. The first kappa shape index (κ1) is 23.7. The summed E-state index contributed by atoms with van der Waals surface area (Å²) < 4.78 is 29.4. The summed E-state index contributed by atoms with van der Waals surface area (Å²) in [6.07, 6.45) is 6.59. The van der Waals surface area contributed by atoms with E-state index in [9.17, 15) is 23.3 Å². The first-order valence-corrected chi connectivity index (χ1v) is 14.4. The Hall–Kier alpha value is -3.03. The number of carbonyl (C=O) groups is 2. The van der Waals surface area contributed by atoms with Gasteiger partial charge in [0.05, 0.1) is 22.7 Å². The van der Waals surface area contributed by atoms with Crippen LogP contribution in [0.4, 0.5) is 0 Å². The molecule has 0 unspecified atom stereocenters. The number of aromatic nitrogens is 1. The Morgan fingerprint density at radius 2 is 1.91 bits per heavy atom. The number of nitriles is 1. The van der Waals surface area contributed by atoms with Crippen LogP contribution in [0.5, 0.6) is 0 Å². The molecule has 5 rings (SSSR count). The van der Waals surface area contributed by atoms with Crippen LogP contribution in [0.15, 0.2) is 38.4 Å². The van der Waals surface area contributed by atoms with Crippen molar-refractivity contribution in [1.29, 1.82) is 5.26 Å². The first-order chi connectivity index (χ1) is 16.6. The molecule has 1 aromatic carbocycles. The van der Waals surface area contributed by atoms with Crippen LogP contribution in [0.25, 0.3) is 22.2 Å². The Balaban J connectivity index is 1.39. The van der Waals surface area contributed by atoms with Gasteiger partial charge in [-0.25, -0.2) is 13.4 Å². The highest BCUT2D eigenvalue weighted by Gasteiger charge is 2.50. The van der Waals surface area contributed by atoms with Gasteiger partial charge in [-0.15, -0.1) is 11.3 Å². The molecule has 35 heavy (non-hydrogen) atoms. The van der Waals surface area contributed by atoms with E-state index in [1.54, 1.807) is 29.6 Å². The zero-order chi connectivity index (χ0) is 24.8. The van der Waals surface area contributed by atoms with Crippen molar-refractivity contribution < 1.29 is 22.4 Å². The third-order valence-electron chi connectivity index (χ3n) is 7.02. The molecule has 2 fully saturated rings. The summed E-state index contributed by atoms with van der Waals surface area (Å²) in [5.41, 5.74) is 0.128. The summed E-state index contributed by atoms with van der Waals surface area (Å²) in [4.78, 5) is 30.7. The number of carbonyl (C=O) groups excluding carboxylic acids is 2. The molecule has 0 saturated heterocycles. The topological polar surface area (TPSA) is 130 Å². The smallest absolute Gasteiger partial charge is 0.287 e. The van der Waals surface area contributed by atoms with Crippen molar-refractivity contribution in [2.75, 3.05) is 6.26 Å². The number of ketones is 1. The Kier molecular flexibility index (Phi) is 5.80. The van der Waals surface area contributed by atoms with Gasteiger partial charge in [-0.05, 0) is 37.8 Å². The maximum absolute atomic E-state index is 13.3. The molecule has 0 bridgehead atoms. The summed E-state index contributed by atoms with van der Waals surface area (Å²) in [5.74, 6) is -0.410. The molecule has 2 heterocycles. The highest BCUT2D eigenvalue weighted by Crippen LogP contribution is 2.49. The zero-order valence-electron chi connectivity index (χ0n) is 19.3. The fraction of sp³-hybridized carbons (Fsp3) is 0.440. The van der Waals surface area contributed by atoms with E-state index in [4.69, 9.17) is 4.42 Å². The summed E-state index contributed by atoms with van der Waals surface area (Å²) in [6.45, 7) is 0. The molecule has 10 heteroatoms. The number of thiazole rings is 1. The molecule has 0 aliphatic heterocycles. The van der Waals surface area contributed by atoms with Crippen molar-refractivity contribution in [2.45, 2.75) is 61.2 Å². The number of rotatable bonds is 7. The van der Waals surface area contributed by atoms with Crippen LogP contribution in [0, 0.1) is 16.7 Å². The van der Waals surface area contributed by atoms with Gasteiger partial charge in [0.2, 0.25) is 14.2 Å². The lowest BCUT2D eigenvalue weighted by atomic mass is 9.75. The molecule has 0 radical (unpaired) electrons. The van der Waals surface area contributed by atoms with Crippen LogP contribution in [0.1, 0.15) is 61.9 Å². The minimum Gasteiger partial charge on any atom is -0.451 e. The van der Waals surface area contributed by atoms with E-state index >= 15 is 0 Å². The van der Waals surface area contributed by atoms with Gasteiger partial charge in [0, 0.05) is 29.0 Å². The molecule has 0 spiro atoms. The lowest BCUT2D eigenvalue weighted by Gasteiger charge is -2.37. The lowest BCUT2D eigenvalue weighted by Crippen LogP contribution is -2.56. The van der Waals surface area contributed by atoms with Crippen LogP contribution in [0.3, 0.4) is 0 Å². The van der Waals surface area contributed by atoms with Crippen LogP contribution in [-0.4, -0.2) is 36.9 Å². The zero-order valence-corrected chi connectivity index (χ0v) is 20.9. The largest absolute Gasteiger partial charge is 0.451 e. The Bertz CT molecular complexity index is 1470. The second-order valence-corrected chi connectivity index (χ2v) is 12.8. The molecule has 182 valence electrons. The molecule has 2 aliphatic rings. The van der Waals surface area contributed by atoms with Crippen LogP contribution >= 0.6 is 11.3 Å². The van der Waals surface area contributed by atoms with Gasteiger partial charge in [0.1, 0.15) is 5.58 Å². The number of fused-ring (bicyclic) bond motifs is 1. The number of hydrogen-bond acceptors (Lipinski definition) is 8. The molecule has 2 aromatic heterocycles. The van der Waals surface area contributed by atoms with E-state index in [1.165, 1.54) is 0 Å². The van der Waals surface area contributed by atoms with Crippen LogP contribution in [-0.2, 0) is 14.6 Å². The number of nitrogens with zero attached hydrogens (tertiary/aromatic N) is 2. The molecule has 2 aliphatic carbocycles. The first-order valence-electron chi connectivity index (χ1n) is 11.6. The van der Waals surface area contributed by atoms with Crippen LogP contribution in [0.2, 0.25) is 0 Å². The monoisotopic (exact) mass is 511 g/mol. The fourth-order valence-corrected chi connectivity index (χ4v) is 6.39. The van der Waals surface area contributed by atoms with Crippen molar-refractivity contribution in [3.8, 4) is 17.3 Å². The van der Waals surface area contributed by atoms with Gasteiger partial charge in [0.15, 0.2) is 11.5 Å². The normalized spacial score (nSPS) is 18.6. The molecule has 1 N–H and O–H groups in total. The third-order valence-corrected chi connectivity index (χ3v) is 9.58. The van der Waals surface area contributed by atoms with Crippen molar-refractivity contribution in [1.82, 2.24) is 10.3 Å². The number of benzene rings is 1. The van der Waals surface area contributed by atoms with Gasteiger partial charge in [0.25, 0.3) is 5.91 Å². The summed E-state index contributed by atoms with van der Waals surface area (Å²) in [5, 5.41) is 14.8. The Labute approximate surface area is 207 Å². The molecular formula is C25H25N3O5S2. The van der Waals surface area contributed by atoms with Gasteiger partial charge in [-0.3, -0.25) is 9.59 Å². The summed E-state index contributed by atoms with van der Waals surface area (Å²) in [7, 11) is -3.39. The second kappa shape index (κ2) is 8.57. The maximum atomic E-state index is 13.3. The lowest BCUT2D eigenvalue weighted by molar-refractivity contribution is -0.127. The van der Waals surface area contributed by atoms with Gasteiger partial charge in [-0.1, -0.05) is 31.4 Å². The predicted octanol–water partition coefficient (Wildman–Crippen LogP) is 4.66. The number of hydrogen-bond donors (Lipinski definition) is 1. The van der Waals surface area contributed by atoms with E-state index < -0.39 is 26.7 Å². The number of Topliss-reactive ketones (excluding diaryl/α,β-unsaturated/α-hetero) is 1. The number of amides is 1. The van der Waals surface area contributed by atoms with Crippen molar-refractivity contribution in [3.05, 3.63) is 35.4 Å². The SMILES string of the molecule is CS(=O)(=O)c1nc(-c2ccc3cc(C(=O)NC4(C(=O)CC5(C#N)CC5)CCCCC4)oc3c2)cs1. The molecule has 1 amide bonds. The number of furan rings is 1. The number of nitrogens with one attached hydrogen (secondary N) is 1. The van der Waals surface area contributed by atoms with Gasteiger partial charge >= 0.3 is 0 Å². The van der Waals surface area contributed by atoms with Gasteiger partial charge in [-0.2, -0.15) is 5.26 Å². The Morgan fingerprint density at radius 1 is 1.17 bits per heavy atom. The molecule has 2 saturated carbocycles. The van der Waals surface area contributed by atoms with E-state index in [-0.39, 0.29) is 22.3 Å². The van der Waals surface area contributed by atoms with E-state index in [0.717, 1.165) is 49.7 Å². The maximum Gasteiger partial charge on any atom is 0.287 e. The van der Waals surface area contributed by atoms with Crippen molar-refractivity contribution >= 4 is 43.8 Å². The van der Waals surface area contributed by atoms with Crippen molar-refractivity contribution in [3.63, 3.8) is 0 Å².